The third-order valence-corrected chi connectivity index (χ3v) is 4.88. The number of para-hydroxylation sites is 1. The number of hydrogen-bond donors (Lipinski definition) is 2. The van der Waals surface area contributed by atoms with Crippen molar-refractivity contribution in [3.05, 3.63) is 48.0 Å². The molecule has 7 nitrogen and oxygen atoms in total. The van der Waals surface area contributed by atoms with E-state index in [0.717, 1.165) is 22.2 Å². The summed E-state index contributed by atoms with van der Waals surface area (Å²) in [6, 6.07) is 11.9. The molecular weight excluding hydrogens is 374 g/mol. The molecule has 3 rings (SSSR count). The zero-order valence-electron chi connectivity index (χ0n) is 14.1. The Kier molecular flexibility index (Phi) is 5.10. The fourth-order valence-electron chi connectivity index (χ4n) is 2.35. The summed E-state index contributed by atoms with van der Waals surface area (Å²) in [5.41, 5.74) is 1.18. The van der Waals surface area contributed by atoms with E-state index in [0.29, 0.717) is 11.7 Å². The van der Waals surface area contributed by atoms with Gasteiger partial charge in [-0.05, 0) is 37.3 Å². The number of hydrogen-bond acceptors (Lipinski definition) is 6. The summed E-state index contributed by atoms with van der Waals surface area (Å²) < 4.78 is 31.6. The van der Waals surface area contributed by atoms with Crippen molar-refractivity contribution in [2.75, 3.05) is 22.9 Å². The van der Waals surface area contributed by atoms with Crippen LogP contribution in [0.2, 0.25) is 0 Å². The van der Waals surface area contributed by atoms with Crippen LogP contribution in [0.1, 0.15) is 17.3 Å². The summed E-state index contributed by atoms with van der Waals surface area (Å²) in [5, 5.41) is 3.14. The van der Waals surface area contributed by atoms with E-state index in [1.165, 1.54) is 17.4 Å². The Hall–Kier alpha value is -2.65. The fourth-order valence-corrected chi connectivity index (χ4v) is 3.82. The third kappa shape index (κ3) is 4.30. The quantitative estimate of drug-likeness (QED) is 0.672. The molecule has 0 unspecified atom stereocenters. The summed E-state index contributed by atoms with van der Waals surface area (Å²) in [5.74, 6) is 0.296. The predicted octanol–water partition coefficient (Wildman–Crippen LogP) is 3.32. The second-order valence-corrected chi connectivity index (χ2v) is 8.23. The van der Waals surface area contributed by atoms with Crippen LogP contribution >= 0.6 is 11.3 Å². The van der Waals surface area contributed by atoms with Gasteiger partial charge in [0.25, 0.3) is 5.91 Å². The van der Waals surface area contributed by atoms with Gasteiger partial charge in [-0.15, -0.1) is 0 Å². The summed E-state index contributed by atoms with van der Waals surface area (Å²) in [7, 11) is -3.49. The highest BCUT2D eigenvalue weighted by Gasteiger charge is 2.15. The molecule has 0 aliphatic heterocycles. The number of nitrogens with one attached hydrogen (secondary N) is 2. The number of thiazole rings is 1. The van der Waals surface area contributed by atoms with E-state index in [9.17, 15) is 13.2 Å². The topological polar surface area (TPSA) is 97.4 Å². The lowest BCUT2D eigenvalue weighted by Gasteiger charge is -2.09. The van der Waals surface area contributed by atoms with Crippen LogP contribution < -0.4 is 14.8 Å². The average Bonchev–Trinajstić information content (AvgIpc) is 2.95. The second-order valence-electron chi connectivity index (χ2n) is 5.46. The number of rotatable bonds is 6. The smallest absolute Gasteiger partial charge is 0.259 e. The monoisotopic (exact) mass is 391 g/mol. The number of carbonyl (C=O) groups is 1. The minimum atomic E-state index is -3.49. The molecule has 1 aromatic heterocycles. The predicted molar refractivity (Wildman–Crippen MR) is 104 cm³/mol. The molecule has 0 saturated carbocycles. The van der Waals surface area contributed by atoms with Gasteiger partial charge in [-0.3, -0.25) is 14.8 Å². The Morgan fingerprint density at radius 1 is 1.23 bits per heavy atom. The average molecular weight is 391 g/mol. The summed E-state index contributed by atoms with van der Waals surface area (Å²) >= 11 is 1.32. The van der Waals surface area contributed by atoms with Gasteiger partial charge in [0.1, 0.15) is 5.75 Å². The van der Waals surface area contributed by atoms with Crippen molar-refractivity contribution in [1.82, 2.24) is 4.98 Å². The summed E-state index contributed by atoms with van der Waals surface area (Å²) in [6.07, 6.45) is 1.03. The number of ether oxygens (including phenoxy) is 1. The Labute approximate surface area is 155 Å². The van der Waals surface area contributed by atoms with Crippen molar-refractivity contribution < 1.29 is 17.9 Å². The second kappa shape index (κ2) is 7.30. The van der Waals surface area contributed by atoms with Gasteiger partial charge in [0.2, 0.25) is 10.0 Å². The Bertz CT molecular complexity index is 1060. The van der Waals surface area contributed by atoms with Crippen LogP contribution in [0.15, 0.2) is 42.5 Å². The van der Waals surface area contributed by atoms with Crippen LogP contribution in [0.5, 0.6) is 5.75 Å². The molecule has 2 N–H and O–H groups in total. The zero-order valence-corrected chi connectivity index (χ0v) is 15.8. The molecule has 0 spiro atoms. The van der Waals surface area contributed by atoms with Gasteiger partial charge in [0.15, 0.2) is 5.13 Å². The number of anilines is 2. The molecule has 9 heteroatoms. The SMILES string of the molecule is CCOc1ccc2nc(NC(=O)c3ccccc3NS(C)(=O)=O)sc2c1. The van der Waals surface area contributed by atoms with Crippen molar-refractivity contribution in [3.63, 3.8) is 0 Å². The van der Waals surface area contributed by atoms with Crippen molar-refractivity contribution >= 4 is 48.3 Å². The van der Waals surface area contributed by atoms with Crippen LogP contribution in [0.25, 0.3) is 10.2 Å². The Balaban J connectivity index is 1.85. The first-order chi connectivity index (χ1) is 12.4. The van der Waals surface area contributed by atoms with Crippen molar-refractivity contribution in [2.45, 2.75) is 6.92 Å². The number of aromatic nitrogens is 1. The molecule has 136 valence electrons. The van der Waals surface area contributed by atoms with Gasteiger partial charge in [-0.1, -0.05) is 23.5 Å². The van der Waals surface area contributed by atoms with Crippen LogP contribution in [-0.4, -0.2) is 32.2 Å². The highest BCUT2D eigenvalue weighted by molar-refractivity contribution is 7.92. The van der Waals surface area contributed by atoms with Gasteiger partial charge in [-0.2, -0.15) is 0 Å². The minimum absolute atomic E-state index is 0.215. The van der Waals surface area contributed by atoms with E-state index in [-0.39, 0.29) is 11.3 Å². The molecule has 26 heavy (non-hydrogen) atoms. The van der Waals surface area contributed by atoms with E-state index in [1.54, 1.807) is 18.2 Å². The first-order valence-electron chi connectivity index (χ1n) is 7.77. The molecule has 1 heterocycles. The molecule has 0 aliphatic rings. The van der Waals surface area contributed by atoms with E-state index >= 15 is 0 Å². The molecule has 3 aromatic rings. The number of benzene rings is 2. The number of sulfonamides is 1. The first-order valence-corrected chi connectivity index (χ1v) is 10.5. The first kappa shape index (κ1) is 18.2. The molecule has 0 atom stereocenters. The molecule has 0 bridgehead atoms. The van der Waals surface area contributed by atoms with Gasteiger partial charge in [0.05, 0.1) is 34.3 Å². The van der Waals surface area contributed by atoms with E-state index in [4.69, 9.17) is 4.74 Å². The van der Waals surface area contributed by atoms with Crippen molar-refractivity contribution in [1.29, 1.82) is 0 Å². The van der Waals surface area contributed by atoms with E-state index in [1.807, 2.05) is 25.1 Å². The fraction of sp³-hybridized carbons (Fsp3) is 0.176. The lowest BCUT2D eigenvalue weighted by Crippen LogP contribution is -2.17. The standard InChI is InChI=1S/C17H17N3O4S2/c1-3-24-11-8-9-14-15(10-11)25-17(18-14)19-16(21)12-6-4-5-7-13(12)20-26(2,22)23/h4-10,20H,3H2,1-2H3,(H,18,19,21). The molecule has 0 saturated heterocycles. The molecule has 0 fully saturated rings. The minimum Gasteiger partial charge on any atom is -0.494 e. The zero-order chi connectivity index (χ0) is 18.7. The molecule has 0 radical (unpaired) electrons. The van der Waals surface area contributed by atoms with Gasteiger partial charge >= 0.3 is 0 Å². The Morgan fingerprint density at radius 2 is 2.00 bits per heavy atom. The third-order valence-electron chi connectivity index (χ3n) is 3.36. The lowest BCUT2D eigenvalue weighted by atomic mass is 10.2. The Morgan fingerprint density at radius 3 is 2.73 bits per heavy atom. The van der Waals surface area contributed by atoms with Crippen LogP contribution in [0, 0.1) is 0 Å². The van der Waals surface area contributed by atoms with Crippen LogP contribution in [0.3, 0.4) is 0 Å². The van der Waals surface area contributed by atoms with Gasteiger partial charge in [-0.25, -0.2) is 13.4 Å². The molecular formula is C17H17N3O4S2. The van der Waals surface area contributed by atoms with Crippen LogP contribution in [-0.2, 0) is 10.0 Å². The molecule has 2 aromatic carbocycles. The van der Waals surface area contributed by atoms with Crippen molar-refractivity contribution in [2.24, 2.45) is 0 Å². The van der Waals surface area contributed by atoms with Gasteiger partial charge < -0.3 is 4.74 Å². The number of nitrogens with zero attached hydrogens (tertiary/aromatic N) is 1. The van der Waals surface area contributed by atoms with Crippen LogP contribution in [0.4, 0.5) is 10.8 Å². The summed E-state index contributed by atoms with van der Waals surface area (Å²) in [4.78, 5) is 16.9. The number of carbonyl (C=O) groups excluding carboxylic acids is 1. The normalized spacial score (nSPS) is 11.3. The van der Waals surface area contributed by atoms with E-state index in [2.05, 4.69) is 15.0 Å². The largest absolute Gasteiger partial charge is 0.494 e. The maximum atomic E-state index is 12.6. The highest BCUT2D eigenvalue weighted by atomic mass is 32.2. The molecule has 0 aliphatic carbocycles. The highest BCUT2D eigenvalue weighted by Crippen LogP contribution is 2.30. The molecule has 1 amide bonds. The number of amides is 1. The number of fused-ring (bicyclic) bond motifs is 1. The summed E-state index contributed by atoms with van der Waals surface area (Å²) in [6.45, 7) is 2.47. The van der Waals surface area contributed by atoms with Gasteiger partial charge in [0, 0.05) is 0 Å². The van der Waals surface area contributed by atoms with Crippen molar-refractivity contribution in [3.8, 4) is 5.75 Å². The lowest BCUT2D eigenvalue weighted by molar-refractivity contribution is 0.102. The van der Waals surface area contributed by atoms with E-state index < -0.39 is 15.9 Å². The maximum Gasteiger partial charge on any atom is 0.259 e. The maximum absolute atomic E-state index is 12.6.